The molecule has 174 valence electrons. The van der Waals surface area contributed by atoms with Gasteiger partial charge >= 0.3 is 11.9 Å². The summed E-state index contributed by atoms with van der Waals surface area (Å²) in [5.74, 6) is -0.860. The molecule has 0 bridgehead atoms. The molecular formula is C26H24N2O5S. The number of ether oxygens (including phenoxy) is 2. The molecule has 0 amide bonds. The Labute approximate surface area is 200 Å². The van der Waals surface area contributed by atoms with Gasteiger partial charge in [0.15, 0.2) is 0 Å². The lowest BCUT2D eigenvalue weighted by Crippen LogP contribution is -2.21. The van der Waals surface area contributed by atoms with Crippen molar-refractivity contribution in [3.8, 4) is 0 Å². The third kappa shape index (κ3) is 5.07. The van der Waals surface area contributed by atoms with Gasteiger partial charge in [0.2, 0.25) is 0 Å². The monoisotopic (exact) mass is 476 g/mol. The van der Waals surface area contributed by atoms with E-state index in [4.69, 9.17) is 9.47 Å². The topological polar surface area (TPSA) is 87.5 Å². The summed E-state index contributed by atoms with van der Waals surface area (Å²) < 4.78 is 12.1. The van der Waals surface area contributed by atoms with Crippen LogP contribution in [0.3, 0.4) is 0 Å². The van der Waals surface area contributed by atoms with Crippen molar-refractivity contribution in [1.82, 2.24) is 9.55 Å². The van der Waals surface area contributed by atoms with E-state index in [2.05, 4.69) is 4.98 Å². The van der Waals surface area contributed by atoms with Gasteiger partial charge in [0.25, 0.3) is 5.56 Å². The molecule has 4 aromatic rings. The van der Waals surface area contributed by atoms with Crippen molar-refractivity contribution in [2.75, 3.05) is 0 Å². The van der Waals surface area contributed by atoms with Crippen LogP contribution in [-0.2, 0) is 22.6 Å². The number of hydrogen-bond donors (Lipinski definition) is 0. The molecule has 0 aliphatic carbocycles. The number of hydrogen-bond acceptors (Lipinski definition) is 7. The maximum atomic E-state index is 13.2. The van der Waals surface area contributed by atoms with Gasteiger partial charge in [-0.15, -0.1) is 11.3 Å². The van der Waals surface area contributed by atoms with Gasteiger partial charge < -0.3 is 9.47 Å². The van der Waals surface area contributed by atoms with E-state index in [1.807, 2.05) is 30.3 Å². The van der Waals surface area contributed by atoms with E-state index in [1.54, 1.807) is 45.0 Å². The van der Waals surface area contributed by atoms with Crippen molar-refractivity contribution >= 4 is 33.5 Å². The fourth-order valence-electron chi connectivity index (χ4n) is 3.48. The van der Waals surface area contributed by atoms with Crippen molar-refractivity contribution in [3.05, 3.63) is 98.4 Å². The first kappa shape index (κ1) is 23.4. The van der Waals surface area contributed by atoms with E-state index in [0.29, 0.717) is 26.2 Å². The predicted molar refractivity (Wildman–Crippen MR) is 130 cm³/mol. The number of aromatic nitrogens is 2. The number of aryl methyl sites for hydroxylation is 1. The van der Waals surface area contributed by atoms with Crippen LogP contribution < -0.4 is 5.56 Å². The zero-order chi connectivity index (χ0) is 24.2. The van der Waals surface area contributed by atoms with E-state index in [0.717, 1.165) is 22.5 Å². The molecule has 4 rings (SSSR count). The molecule has 0 unspecified atom stereocenters. The number of rotatable bonds is 7. The van der Waals surface area contributed by atoms with E-state index < -0.39 is 5.97 Å². The van der Waals surface area contributed by atoms with Gasteiger partial charge in [0.1, 0.15) is 16.3 Å². The standard InChI is InChI=1S/C26H24N2O5S/c1-16(2)33-25(30)20-11-9-18(10-12-20)13-28-15-27-23-21(24(28)29)17(3)22(34-23)26(31)32-14-19-7-5-4-6-8-19/h4-12,15-16H,13-14H2,1-3H3. The van der Waals surface area contributed by atoms with Crippen molar-refractivity contribution in [2.45, 2.75) is 40.0 Å². The highest BCUT2D eigenvalue weighted by atomic mass is 32.1. The predicted octanol–water partition coefficient (Wildman–Crippen LogP) is 4.74. The minimum atomic E-state index is -0.473. The lowest BCUT2D eigenvalue weighted by molar-refractivity contribution is 0.0377. The highest BCUT2D eigenvalue weighted by Gasteiger charge is 2.21. The van der Waals surface area contributed by atoms with Crippen LogP contribution in [0.25, 0.3) is 10.2 Å². The number of esters is 2. The van der Waals surface area contributed by atoms with Crippen LogP contribution in [-0.4, -0.2) is 27.6 Å². The Morgan fingerprint density at radius 3 is 2.38 bits per heavy atom. The normalized spacial score (nSPS) is 11.1. The van der Waals surface area contributed by atoms with E-state index in [-0.39, 0.29) is 30.8 Å². The molecule has 2 heterocycles. The quantitative estimate of drug-likeness (QED) is 0.358. The number of benzene rings is 2. The Morgan fingerprint density at radius 1 is 1.00 bits per heavy atom. The van der Waals surface area contributed by atoms with Crippen molar-refractivity contribution in [3.63, 3.8) is 0 Å². The molecule has 0 spiro atoms. The number of fused-ring (bicyclic) bond motifs is 1. The lowest BCUT2D eigenvalue weighted by atomic mass is 10.1. The Hall–Kier alpha value is -3.78. The maximum Gasteiger partial charge on any atom is 0.349 e. The van der Waals surface area contributed by atoms with Gasteiger partial charge in [0.05, 0.1) is 29.9 Å². The van der Waals surface area contributed by atoms with E-state index in [1.165, 1.54) is 10.9 Å². The van der Waals surface area contributed by atoms with Gasteiger partial charge in [-0.05, 0) is 49.6 Å². The number of carbonyl (C=O) groups excluding carboxylic acids is 2. The van der Waals surface area contributed by atoms with Gasteiger partial charge in [-0.3, -0.25) is 9.36 Å². The Morgan fingerprint density at radius 2 is 1.71 bits per heavy atom. The Balaban J connectivity index is 1.53. The molecule has 8 heteroatoms. The van der Waals surface area contributed by atoms with E-state index >= 15 is 0 Å². The first-order chi connectivity index (χ1) is 16.3. The van der Waals surface area contributed by atoms with Gasteiger partial charge in [-0.25, -0.2) is 14.6 Å². The fraction of sp³-hybridized carbons (Fsp3) is 0.231. The third-order valence-electron chi connectivity index (χ3n) is 5.20. The SMILES string of the molecule is Cc1c(C(=O)OCc2ccccc2)sc2ncn(Cc3ccc(C(=O)OC(C)C)cc3)c(=O)c12. The van der Waals surface area contributed by atoms with Crippen LogP contribution >= 0.6 is 11.3 Å². The summed E-state index contributed by atoms with van der Waals surface area (Å²) in [4.78, 5) is 43.1. The molecule has 0 aliphatic rings. The van der Waals surface area contributed by atoms with Crippen LogP contribution in [0.5, 0.6) is 0 Å². The first-order valence-electron chi connectivity index (χ1n) is 10.8. The Kier molecular flexibility index (Phi) is 6.88. The zero-order valence-electron chi connectivity index (χ0n) is 19.1. The van der Waals surface area contributed by atoms with Crippen LogP contribution in [0.1, 0.15) is 50.6 Å². The number of carbonyl (C=O) groups is 2. The zero-order valence-corrected chi connectivity index (χ0v) is 19.9. The Bertz CT molecular complexity index is 1390. The van der Waals surface area contributed by atoms with E-state index in [9.17, 15) is 14.4 Å². The van der Waals surface area contributed by atoms with Gasteiger partial charge in [-0.1, -0.05) is 42.5 Å². The molecule has 0 saturated heterocycles. The third-order valence-corrected chi connectivity index (χ3v) is 6.38. The molecule has 0 radical (unpaired) electrons. The molecule has 0 N–H and O–H groups in total. The van der Waals surface area contributed by atoms with Crippen LogP contribution in [0.15, 0.2) is 65.7 Å². The summed E-state index contributed by atoms with van der Waals surface area (Å²) in [5, 5.41) is 0.413. The van der Waals surface area contributed by atoms with Crippen molar-refractivity contribution < 1.29 is 19.1 Å². The fourth-order valence-corrected chi connectivity index (χ4v) is 4.51. The second kappa shape index (κ2) is 10.0. The second-order valence-electron chi connectivity index (χ2n) is 8.13. The molecule has 0 saturated carbocycles. The number of thiophene rings is 1. The van der Waals surface area contributed by atoms with Crippen LogP contribution in [0.4, 0.5) is 0 Å². The summed E-state index contributed by atoms with van der Waals surface area (Å²) in [6, 6.07) is 16.3. The van der Waals surface area contributed by atoms with Crippen LogP contribution in [0, 0.1) is 6.92 Å². The maximum absolute atomic E-state index is 13.2. The van der Waals surface area contributed by atoms with Crippen molar-refractivity contribution in [1.29, 1.82) is 0 Å². The molecule has 2 aromatic carbocycles. The minimum Gasteiger partial charge on any atom is -0.459 e. The molecule has 0 atom stereocenters. The number of nitrogens with zero attached hydrogens (tertiary/aromatic N) is 2. The highest BCUT2D eigenvalue weighted by Crippen LogP contribution is 2.28. The first-order valence-corrected chi connectivity index (χ1v) is 11.6. The minimum absolute atomic E-state index is 0.158. The molecule has 34 heavy (non-hydrogen) atoms. The summed E-state index contributed by atoms with van der Waals surface area (Å²) in [7, 11) is 0. The van der Waals surface area contributed by atoms with Gasteiger partial charge in [0, 0.05) is 0 Å². The molecule has 2 aromatic heterocycles. The summed E-state index contributed by atoms with van der Waals surface area (Å²) >= 11 is 1.16. The molecule has 7 nitrogen and oxygen atoms in total. The van der Waals surface area contributed by atoms with Gasteiger partial charge in [-0.2, -0.15) is 0 Å². The molecular weight excluding hydrogens is 452 g/mol. The molecule has 0 aliphatic heterocycles. The second-order valence-corrected chi connectivity index (χ2v) is 9.13. The average Bonchev–Trinajstić information content (AvgIpc) is 3.17. The van der Waals surface area contributed by atoms with Crippen molar-refractivity contribution in [2.24, 2.45) is 0 Å². The largest absolute Gasteiger partial charge is 0.459 e. The summed E-state index contributed by atoms with van der Waals surface area (Å²) in [6.45, 7) is 5.77. The smallest absolute Gasteiger partial charge is 0.349 e. The average molecular weight is 477 g/mol. The summed E-state index contributed by atoms with van der Waals surface area (Å²) in [5.41, 5.74) is 2.50. The summed E-state index contributed by atoms with van der Waals surface area (Å²) in [6.07, 6.45) is 1.28. The van der Waals surface area contributed by atoms with Crippen LogP contribution in [0.2, 0.25) is 0 Å². The lowest BCUT2D eigenvalue weighted by Gasteiger charge is -2.09. The molecule has 0 fully saturated rings. The highest BCUT2D eigenvalue weighted by molar-refractivity contribution is 7.20.